The Hall–Kier alpha value is 0.576. The molecule has 0 radical (unpaired) electrons. The number of aliphatic carboxylic acids is 1. The number of carboxylic acid groups (broad SMARTS) is 2. The molecule has 0 atom stereocenters. The molecule has 0 aliphatic heterocycles. The van der Waals surface area contributed by atoms with E-state index in [0.717, 1.165) is 6.92 Å². The first-order valence-corrected chi connectivity index (χ1v) is 1.40. The van der Waals surface area contributed by atoms with Gasteiger partial charge in [-0.05, 0) is 6.92 Å². The van der Waals surface area contributed by atoms with Crippen molar-refractivity contribution in [3.05, 3.63) is 0 Å². The summed E-state index contributed by atoms with van der Waals surface area (Å²) in [6.07, 6.45) is 0. The third kappa shape index (κ3) is 616. The second-order valence-corrected chi connectivity index (χ2v) is 0.597. The molecule has 0 unspecified atom stereocenters. The molecule has 0 aliphatic carbocycles. The maximum absolute atomic E-state index is 8.89. The van der Waals surface area contributed by atoms with Gasteiger partial charge < -0.3 is 15.0 Å². The van der Waals surface area contributed by atoms with Crippen molar-refractivity contribution >= 4 is 12.4 Å². The predicted molar refractivity (Wildman–Crippen MR) is 19.4 cm³/mol. The van der Waals surface area contributed by atoms with Gasteiger partial charge in [0.25, 0.3) is 6.47 Å². The topological polar surface area (TPSA) is 77.4 Å². The van der Waals surface area contributed by atoms with Gasteiger partial charge >= 0.3 is 51.4 Å². The molecule has 0 spiro atoms. The van der Waals surface area contributed by atoms with Crippen LogP contribution in [-0.4, -0.2) is 17.5 Å². The van der Waals surface area contributed by atoms with E-state index in [1.807, 2.05) is 0 Å². The predicted octanol–water partition coefficient (Wildman–Crippen LogP) is -4.54. The Kier molecular flexibility index (Phi) is 31.0. The van der Waals surface area contributed by atoms with Gasteiger partial charge in [0.05, 0.1) is 0 Å². The molecule has 0 amide bonds. The van der Waals surface area contributed by atoms with E-state index in [0.29, 0.717) is 0 Å². The average molecular weight is 144 g/mol. The van der Waals surface area contributed by atoms with Crippen LogP contribution in [0.1, 0.15) is 6.92 Å². The number of hydrogen-bond acceptors (Lipinski definition) is 3. The second-order valence-electron chi connectivity index (χ2n) is 0.597. The first kappa shape index (κ1) is 15.8. The Bertz CT molecular complexity index is 58.3. The Balaban J connectivity index is -0.0000000575. The zero-order chi connectivity index (χ0) is 6.28. The first-order chi connectivity index (χ1) is 3.15. The van der Waals surface area contributed by atoms with E-state index in [-0.39, 0.29) is 57.9 Å². The number of carbonyl (C=O) groups is 2. The van der Waals surface area contributed by atoms with Crippen molar-refractivity contribution in [1.82, 2.24) is 0 Å². The SMILES string of the molecule is CC(=O)[O-].O=CO.[K+]. The monoisotopic (exact) mass is 144 g/mol. The van der Waals surface area contributed by atoms with Crippen LogP contribution in [0.2, 0.25) is 0 Å². The van der Waals surface area contributed by atoms with Gasteiger partial charge in [0.1, 0.15) is 0 Å². The van der Waals surface area contributed by atoms with Crippen LogP contribution < -0.4 is 56.5 Å². The van der Waals surface area contributed by atoms with Crippen molar-refractivity contribution in [2.45, 2.75) is 6.92 Å². The smallest absolute Gasteiger partial charge is 0.550 e. The van der Waals surface area contributed by atoms with Gasteiger partial charge in [-0.1, -0.05) is 0 Å². The second kappa shape index (κ2) is 15.6. The summed E-state index contributed by atoms with van der Waals surface area (Å²) in [6.45, 7) is 0.722. The van der Waals surface area contributed by atoms with Gasteiger partial charge in [0.2, 0.25) is 0 Å². The molecule has 4 nitrogen and oxygen atoms in total. The number of hydrogen-bond donors (Lipinski definition) is 1. The van der Waals surface area contributed by atoms with Crippen LogP contribution in [0.5, 0.6) is 0 Å². The number of carboxylic acids is 1. The minimum absolute atomic E-state index is 0. The quantitative estimate of drug-likeness (QED) is 0.274. The van der Waals surface area contributed by atoms with E-state index in [9.17, 15) is 0 Å². The molecule has 0 saturated heterocycles. The van der Waals surface area contributed by atoms with Gasteiger partial charge in [0, 0.05) is 5.97 Å². The van der Waals surface area contributed by atoms with Crippen molar-refractivity contribution < 1.29 is 71.2 Å². The number of rotatable bonds is 0. The number of carbonyl (C=O) groups excluding carboxylic acids is 1. The summed E-state index contributed by atoms with van der Waals surface area (Å²) in [6, 6.07) is 0. The summed E-state index contributed by atoms with van der Waals surface area (Å²) in [5.74, 6) is -1.08. The Morgan fingerprint density at radius 3 is 1.75 bits per heavy atom. The summed E-state index contributed by atoms with van der Waals surface area (Å²) in [5.41, 5.74) is 0. The molecule has 0 saturated carbocycles. The van der Waals surface area contributed by atoms with Crippen molar-refractivity contribution in [1.29, 1.82) is 0 Å². The van der Waals surface area contributed by atoms with E-state index in [1.54, 1.807) is 0 Å². The van der Waals surface area contributed by atoms with Gasteiger partial charge in [-0.15, -0.1) is 0 Å². The maximum atomic E-state index is 8.89. The standard InChI is InChI=1S/C2H4O2.CH2O2.K/c1-2(3)4;2-1-3;/h1H3,(H,3,4);1H,(H,2,3);/q;;+1/p-1. The normalized spacial score (nSPS) is 4.62. The molecule has 0 bridgehead atoms. The van der Waals surface area contributed by atoms with Crippen LogP contribution >= 0.6 is 0 Å². The van der Waals surface area contributed by atoms with Crippen LogP contribution in [0.4, 0.5) is 0 Å². The van der Waals surface area contributed by atoms with E-state index < -0.39 is 5.97 Å². The summed E-state index contributed by atoms with van der Waals surface area (Å²) >= 11 is 0. The molecule has 0 aromatic carbocycles. The molecule has 1 N–H and O–H groups in total. The molecular formula is C3H5KO4. The largest absolute Gasteiger partial charge is 1.00 e. The minimum Gasteiger partial charge on any atom is -0.550 e. The van der Waals surface area contributed by atoms with Crippen molar-refractivity contribution in [2.24, 2.45) is 0 Å². The molecule has 0 aromatic heterocycles. The van der Waals surface area contributed by atoms with Crippen molar-refractivity contribution in [3.63, 3.8) is 0 Å². The molecule has 0 fully saturated rings. The average Bonchev–Trinajstić information content (AvgIpc) is 1.33. The van der Waals surface area contributed by atoms with E-state index in [2.05, 4.69) is 0 Å². The molecule has 42 valence electrons. The van der Waals surface area contributed by atoms with Crippen LogP contribution in [0.15, 0.2) is 0 Å². The van der Waals surface area contributed by atoms with Gasteiger partial charge in [-0.25, -0.2) is 0 Å². The molecule has 0 aromatic rings. The Morgan fingerprint density at radius 1 is 1.75 bits per heavy atom. The minimum atomic E-state index is -1.08. The summed E-state index contributed by atoms with van der Waals surface area (Å²) in [5, 5.41) is 15.8. The molecule has 8 heavy (non-hydrogen) atoms. The van der Waals surface area contributed by atoms with Crippen molar-refractivity contribution in [2.75, 3.05) is 0 Å². The summed E-state index contributed by atoms with van der Waals surface area (Å²) in [7, 11) is 0. The van der Waals surface area contributed by atoms with Gasteiger partial charge in [-0.2, -0.15) is 0 Å². The third-order valence-electron chi connectivity index (χ3n) is 0. The van der Waals surface area contributed by atoms with E-state index >= 15 is 0 Å². The van der Waals surface area contributed by atoms with Crippen LogP contribution in [-0.2, 0) is 9.59 Å². The fourth-order valence-electron chi connectivity index (χ4n) is 0. The maximum Gasteiger partial charge on any atom is 1.00 e. The molecular weight excluding hydrogens is 139 g/mol. The fourth-order valence-corrected chi connectivity index (χ4v) is 0. The molecule has 0 aliphatic rings. The van der Waals surface area contributed by atoms with Crippen molar-refractivity contribution in [3.8, 4) is 0 Å². The summed E-state index contributed by atoms with van der Waals surface area (Å²) < 4.78 is 0. The third-order valence-corrected chi connectivity index (χ3v) is 0. The molecule has 0 rings (SSSR count). The van der Waals surface area contributed by atoms with E-state index in [4.69, 9.17) is 19.8 Å². The zero-order valence-corrected chi connectivity index (χ0v) is 7.87. The van der Waals surface area contributed by atoms with Crippen LogP contribution in [0.3, 0.4) is 0 Å². The van der Waals surface area contributed by atoms with E-state index in [1.165, 1.54) is 0 Å². The molecule has 0 heterocycles. The summed E-state index contributed by atoms with van der Waals surface area (Å²) in [4.78, 5) is 17.2. The Morgan fingerprint density at radius 2 is 1.75 bits per heavy atom. The Labute approximate surface area is 89.3 Å². The first-order valence-electron chi connectivity index (χ1n) is 1.40. The van der Waals surface area contributed by atoms with Crippen LogP contribution in [0.25, 0.3) is 0 Å². The van der Waals surface area contributed by atoms with Gasteiger partial charge in [0.15, 0.2) is 0 Å². The zero-order valence-electron chi connectivity index (χ0n) is 4.75. The molecule has 5 heteroatoms. The van der Waals surface area contributed by atoms with Gasteiger partial charge in [-0.3, -0.25) is 4.79 Å². The fraction of sp³-hybridized carbons (Fsp3) is 0.333. The van der Waals surface area contributed by atoms with Crippen LogP contribution in [0, 0.1) is 0 Å².